The summed E-state index contributed by atoms with van der Waals surface area (Å²) in [5.74, 6) is -1.29. The highest BCUT2D eigenvalue weighted by Crippen LogP contribution is 2.36. The highest BCUT2D eigenvalue weighted by atomic mass is 19.4. The Morgan fingerprint density at radius 1 is 1.23 bits per heavy atom. The fourth-order valence-electron chi connectivity index (χ4n) is 3.64. The van der Waals surface area contributed by atoms with Gasteiger partial charge in [-0.25, -0.2) is 4.79 Å². The van der Waals surface area contributed by atoms with E-state index >= 15 is 0 Å². The second-order valence-electron chi connectivity index (χ2n) is 7.21. The van der Waals surface area contributed by atoms with Crippen LogP contribution in [0.5, 0.6) is 5.75 Å². The smallest absolute Gasteiger partial charge is 0.416 e. The molecule has 0 unspecified atom stereocenters. The van der Waals surface area contributed by atoms with E-state index in [0.29, 0.717) is 12.8 Å². The number of benzene rings is 1. The molecule has 11 heteroatoms. The molecule has 1 saturated heterocycles. The average Bonchev–Trinajstić information content (AvgIpc) is 3.23. The Kier molecular flexibility index (Phi) is 6.20. The molecule has 1 aliphatic heterocycles. The summed E-state index contributed by atoms with van der Waals surface area (Å²) in [6.45, 7) is -0.362. The summed E-state index contributed by atoms with van der Waals surface area (Å²) in [6.07, 6.45) is -2.04. The molecule has 3 rings (SSSR count). The molecule has 164 valence electrons. The molecule has 1 spiro atoms. The molecule has 0 radical (unpaired) electrons. The Bertz CT molecular complexity index is 837. The second kappa shape index (κ2) is 8.50. The second-order valence-corrected chi connectivity index (χ2v) is 7.21. The van der Waals surface area contributed by atoms with Crippen LogP contribution in [0.25, 0.3) is 0 Å². The lowest BCUT2D eigenvalue weighted by Crippen LogP contribution is -2.44. The molecule has 2 N–H and O–H groups in total. The van der Waals surface area contributed by atoms with E-state index in [4.69, 9.17) is 9.47 Å². The van der Waals surface area contributed by atoms with Crippen molar-refractivity contribution in [1.29, 1.82) is 0 Å². The van der Waals surface area contributed by atoms with Crippen molar-refractivity contribution in [3.05, 3.63) is 23.8 Å². The third kappa shape index (κ3) is 4.50. The SMILES string of the molecule is COCCOc1ccc(C(F)(F)F)cc1NC(=O)CN1C(=O)NC2(CCCC2)C1=O. The normalized spacial score (nSPS) is 18.1. The molecular weight excluding hydrogens is 407 g/mol. The first-order valence-corrected chi connectivity index (χ1v) is 9.43. The van der Waals surface area contributed by atoms with Gasteiger partial charge in [-0.2, -0.15) is 13.2 Å². The minimum Gasteiger partial charge on any atom is -0.489 e. The number of ether oxygens (including phenoxy) is 2. The number of methoxy groups -OCH3 is 1. The lowest BCUT2D eigenvalue weighted by atomic mass is 9.98. The molecule has 30 heavy (non-hydrogen) atoms. The van der Waals surface area contributed by atoms with Crippen molar-refractivity contribution >= 4 is 23.5 Å². The predicted octanol–water partition coefficient (Wildman–Crippen LogP) is 2.53. The van der Waals surface area contributed by atoms with E-state index < -0.39 is 41.7 Å². The molecule has 4 amide bonds. The predicted molar refractivity (Wildman–Crippen MR) is 98.9 cm³/mol. The molecule has 0 bridgehead atoms. The molecule has 1 saturated carbocycles. The Labute approximate surface area is 170 Å². The maximum Gasteiger partial charge on any atom is 0.416 e. The fourth-order valence-corrected chi connectivity index (χ4v) is 3.64. The summed E-state index contributed by atoms with van der Waals surface area (Å²) >= 11 is 0. The number of hydrogen-bond donors (Lipinski definition) is 2. The number of anilines is 1. The molecule has 0 atom stereocenters. The van der Waals surface area contributed by atoms with Gasteiger partial charge in [-0.15, -0.1) is 0 Å². The minimum absolute atomic E-state index is 0.0119. The zero-order valence-corrected chi connectivity index (χ0v) is 16.3. The Balaban J connectivity index is 1.74. The van der Waals surface area contributed by atoms with Crippen molar-refractivity contribution in [3.63, 3.8) is 0 Å². The van der Waals surface area contributed by atoms with E-state index in [1.807, 2.05) is 0 Å². The number of hydrogen-bond acceptors (Lipinski definition) is 5. The molecule has 0 aromatic heterocycles. The van der Waals surface area contributed by atoms with Crippen LogP contribution >= 0.6 is 0 Å². The maximum atomic E-state index is 13.1. The summed E-state index contributed by atoms with van der Waals surface area (Å²) in [7, 11) is 1.44. The van der Waals surface area contributed by atoms with Crippen LogP contribution in [0, 0.1) is 0 Å². The van der Waals surface area contributed by atoms with E-state index in [9.17, 15) is 27.6 Å². The van der Waals surface area contributed by atoms with Gasteiger partial charge >= 0.3 is 12.2 Å². The molecule has 2 fully saturated rings. The summed E-state index contributed by atoms with van der Waals surface area (Å²) in [6, 6.07) is 1.98. The summed E-state index contributed by atoms with van der Waals surface area (Å²) in [4.78, 5) is 38.1. The van der Waals surface area contributed by atoms with E-state index in [-0.39, 0.29) is 24.7 Å². The highest BCUT2D eigenvalue weighted by molar-refractivity contribution is 6.10. The van der Waals surface area contributed by atoms with Crippen LogP contribution in [0.3, 0.4) is 0 Å². The van der Waals surface area contributed by atoms with Gasteiger partial charge in [0.15, 0.2) is 0 Å². The highest BCUT2D eigenvalue weighted by Gasteiger charge is 2.52. The van der Waals surface area contributed by atoms with Gasteiger partial charge in [0, 0.05) is 7.11 Å². The zero-order chi connectivity index (χ0) is 21.9. The monoisotopic (exact) mass is 429 g/mol. The van der Waals surface area contributed by atoms with Gasteiger partial charge < -0.3 is 20.1 Å². The van der Waals surface area contributed by atoms with Gasteiger partial charge in [0.25, 0.3) is 5.91 Å². The standard InChI is InChI=1S/C19H22F3N3O5/c1-29-8-9-30-14-5-4-12(19(20,21)22)10-13(14)23-15(26)11-25-16(27)18(24-17(25)28)6-2-3-7-18/h4-5,10H,2-3,6-9,11H2,1H3,(H,23,26)(H,24,28). The Morgan fingerprint density at radius 3 is 2.57 bits per heavy atom. The fraction of sp³-hybridized carbons (Fsp3) is 0.526. The van der Waals surface area contributed by atoms with Crippen LogP contribution in [0.15, 0.2) is 18.2 Å². The van der Waals surface area contributed by atoms with Crippen molar-refractivity contribution in [2.45, 2.75) is 37.4 Å². The number of imide groups is 1. The number of nitrogens with zero attached hydrogens (tertiary/aromatic N) is 1. The van der Waals surface area contributed by atoms with Crippen molar-refractivity contribution in [2.75, 3.05) is 32.2 Å². The van der Waals surface area contributed by atoms with E-state index in [0.717, 1.165) is 35.9 Å². The third-order valence-electron chi connectivity index (χ3n) is 5.13. The van der Waals surface area contributed by atoms with E-state index in [1.54, 1.807) is 0 Å². The first-order chi connectivity index (χ1) is 14.2. The topological polar surface area (TPSA) is 97.0 Å². The van der Waals surface area contributed by atoms with Gasteiger partial charge in [0.2, 0.25) is 5.91 Å². The molecule has 1 aromatic carbocycles. The Hall–Kier alpha value is -2.82. The lowest BCUT2D eigenvalue weighted by molar-refractivity contribution is -0.137. The summed E-state index contributed by atoms with van der Waals surface area (Å²) in [5.41, 5.74) is -2.16. The van der Waals surface area contributed by atoms with Crippen molar-refractivity contribution in [2.24, 2.45) is 0 Å². The largest absolute Gasteiger partial charge is 0.489 e. The molecule has 1 heterocycles. The number of alkyl halides is 3. The van der Waals surface area contributed by atoms with Gasteiger partial charge in [-0.3, -0.25) is 14.5 Å². The number of urea groups is 1. The lowest BCUT2D eigenvalue weighted by Gasteiger charge is -2.20. The van der Waals surface area contributed by atoms with Crippen LogP contribution in [0.1, 0.15) is 31.2 Å². The number of nitrogens with one attached hydrogen (secondary N) is 2. The molecule has 1 aliphatic carbocycles. The molecule has 8 nitrogen and oxygen atoms in total. The number of halogens is 3. The average molecular weight is 429 g/mol. The zero-order valence-electron chi connectivity index (χ0n) is 16.3. The molecular formula is C19H22F3N3O5. The van der Waals surface area contributed by atoms with Gasteiger partial charge in [-0.1, -0.05) is 12.8 Å². The summed E-state index contributed by atoms with van der Waals surface area (Å²) < 4.78 is 49.4. The third-order valence-corrected chi connectivity index (χ3v) is 5.13. The van der Waals surface area contributed by atoms with E-state index in [2.05, 4.69) is 10.6 Å². The number of rotatable bonds is 7. The number of amides is 4. The van der Waals surface area contributed by atoms with Gasteiger partial charge in [0.1, 0.15) is 24.4 Å². The maximum absolute atomic E-state index is 13.1. The van der Waals surface area contributed by atoms with Gasteiger partial charge in [0.05, 0.1) is 17.9 Å². The first-order valence-electron chi connectivity index (χ1n) is 9.43. The van der Waals surface area contributed by atoms with Crippen LogP contribution < -0.4 is 15.4 Å². The first kappa shape index (κ1) is 21.9. The van der Waals surface area contributed by atoms with Crippen LogP contribution in [0.2, 0.25) is 0 Å². The molecule has 1 aromatic rings. The van der Waals surface area contributed by atoms with Gasteiger partial charge in [-0.05, 0) is 31.0 Å². The Morgan fingerprint density at radius 2 is 1.93 bits per heavy atom. The number of carbonyl (C=O) groups is 3. The number of carbonyl (C=O) groups excluding carboxylic acids is 3. The quantitative estimate of drug-likeness (QED) is 0.513. The van der Waals surface area contributed by atoms with Crippen LogP contribution in [-0.2, 0) is 20.5 Å². The van der Waals surface area contributed by atoms with Crippen LogP contribution in [0.4, 0.5) is 23.7 Å². The van der Waals surface area contributed by atoms with Crippen molar-refractivity contribution < 1.29 is 37.0 Å². The van der Waals surface area contributed by atoms with Crippen LogP contribution in [-0.4, -0.2) is 55.2 Å². The minimum atomic E-state index is -4.62. The summed E-state index contributed by atoms with van der Waals surface area (Å²) in [5, 5.41) is 4.96. The van der Waals surface area contributed by atoms with Crippen molar-refractivity contribution in [3.8, 4) is 5.75 Å². The molecule has 2 aliphatic rings. The van der Waals surface area contributed by atoms with Crippen molar-refractivity contribution in [1.82, 2.24) is 10.2 Å². The van der Waals surface area contributed by atoms with E-state index in [1.165, 1.54) is 7.11 Å².